The van der Waals surface area contributed by atoms with Crippen LogP contribution in [0, 0.1) is 0 Å². The number of carbonyl (C=O) groups is 3. The summed E-state index contributed by atoms with van der Waals surface area (Å²) in [6.07, 6.45) is 72.3. The zero-order valence-corrected chi connectivity index (χ0v) is 44.9. The standard InChI is InChI=1S/C62H108O6/c1-4-7-10-13-15-17-19-21-23-25-27-28-29-30-31-32-33-34-35-37-38-40-42-44-46-49-52-55-61(64)67-58-59(57-66-60(63)54-51-48-12-9-6-3)68-62(65)56-53-50-47-45-43-41-39-36-26-24-22-20-18-16-14-11-8-5-2/h7,10,15,17-18,20-21,23-24,26-28,59H,4-6,8-9,11-14,16,19,22,25,29-58H2,1-3H3/b10-7-,17-15-,20-18-,23-21-,26-24-,28-27-. The van der Waals surface area contributed by atoms with Crippen molar-refractivity contribution in [3.05, 3.63) is 72.9 Å². The maximum absolute atomic E-state index is 12.8. The molecular formula is C62H108O6. The highest BCUT2D eigenvalue weighted by Gasteiger charge is 2.19. The Bertz CT molecular complexity index is 1270. The van der Waals surface area contributed by atoms with Gasteiger partial charge in [-0.25, -0.2) is 0 Å². The highest BCUT2D eigenvalue weighted by atomic mass is 16.6. The van der Waals surface area contributed by atoms with E-state index in [0.29, 0.717) is 19.3 Å². The Morgan fingerprint density at radius 2 is 0.574 bits per heavy atom. The lowest BCUT2D eigenvalue weighted by atomic mass is 10.0. The van der Waals surface area contributed by atoms with E-state index < -0.39 is 6.10 Å². The topological polar surface area (TPSA) is 78.9 Å². The van der Waals surface area contributed by atoms with E-state index in [0.717, 1.165) is 103 Å². The molecule has 0 radical (unpaired) electrons. The quantitative estimate of drug-likeness (QED) is 0.0262. The van der Waals surface area contributed by atoms with E-state index in [4.69, 9.17) is 14.2 Å². The summed E-state index contributed by atoms with van der Waals surface area (Å²) < 4.78 is 16.7. The molecule has 0 aliphatic heterocycles. The first-order valence-corrected chi connectivity index (χ1v) is 28.9. The molecule has 392 valence electrons. The summed E-state index contributed by atoms with van der Waals surface area (Å²) in [7, 11) is 0. The van der Waals surface area contributed by atoms with E-state index in [1.165, 1.54) is 141 Å². The molecule has 0 aromatic rings. The van der Waals surface area contributed by atoms with Gasteiger partial charge in [0.1, 0.15) is 13.2 Å². The largest absolute Gasteiger partial charge is 0.462 e. The molecule has 0 amide bonds. The molecule has 0 fully saturated rings. The Kier molecular flexibility index (Phi) is 53.8. The first-order chi connectivity index (χ1) is 33.5. The highest BCUT2D eigenvalue weighted by molar-refractivity contribution is 5.71. The third-order valence-corrected chi connectivity index (χ3v) is 12.4. The monoisotopic (exact) mass is 949 g/mol. The van der Waals surface area contributed by atoms with Crippen molar-refractivity contribution in [2.24, 2.45) is 0 Å². The fourth-order valence-corrected chi connectivity index (χ4v) is 8.11. The zero-order valence-electron chi connectivity index (χ0n) is 44.9. The molecule has 0 aliphatic carbocycles. The van der Waals surface area contributed by atoms with Gasteiger partial charge in [0, 0.05) is 19.3 Å². The lowest BCUT2D eigenvalue weighted by Gasteiger charge is -2.18. The van der Waals surface area contributed by atoms with Gasteiger partial charge in [0.15, 0.2) is 6.10 Å². The third-order valence-electron chi connectivity index (χ3n) is 12.4. The van der Waals surface area contributed by atoms with Crippen LogP contribution >= 0.6 is 0 Å². The summed E-state index contributed by atoms with van der Waals surface area (Å²) in [4.78, 5) is 37.8. The third kappa shape index (κ3) is 53.8. The molecule has 0 aromatic heterocycles. The molecule has 6 nitrogen and oxygen atoms in total. The Hall–Kier alpha value is -3.15. The van der Waals surface area contributed by atoms with Crippen molar-refractivity contribution in [2.45, 2.75) is 290 Å². The number of ether oxygens (including phenoxy) is 3. The first kappa shape index (κ1) is 64.8. The number of carbonyl (C=O) groups excluding carboxylic acids is 3. The average molecular weight is 950 g/mol. The van der Waals surface area contributed by atoms with Crippen LogP contribution in [0.3, 0.4) is 0 Å². The zero-order chi connectivity index (χ0) is 49.3. The van der Waals surface area contributed by atoms with E-state index in [2.05, 4.69) is 93.7 Å². The molecule has 1 unspecified atom stereocenters. The van der Waals surface area contributed by atoms with Crippen molar-refractivity contribution in [1.82, 2.24) is 0 Å². The Balaban J connectivity index is 4.05. The van der Waals surface area contributed by atoms with Gasteiger partial charge in [0.05, 0.1) is 0 Å². The number of esters is 3. The maximum atomic E-state index is 12.8. The molecule has 0 heterocycles. The van der Waals surface area contributed by atoms with Crippen molar-refractivity contribution in [1.29, 1.82) is 0 Å². The summed E-state index contributed by atoms with van der Waals surface area (Å²) in [5.74, 6) is -0.892. The average Bonchev–Trinajstić information content (AvgIpc) is 3.34. The minimum absolute atomic E-state index is 0.0773. The number of hydrogen-bond donors (Lipinski definition) is 0. The van der Waals surface area contributed by atoms with Crippen molar-refractivity contribution in [2.75, 3.05) is 13.2 Å². The molecule has 6 heteroatoms. The second kappa shape index (κ2) is 56.4. The lowest BCUT2D eigenvalue weighted by molar-refractivity contribution is -0.167. The van der Waals surface area contributed by atoms with Crippen LogP contribution in [0.15, 0.2) is 72.9 Å². The number of rotatable bonds is 52. The van der Waals surface area contributed by atoms with Gasteiger partial charge >= 0.3 is 17.9 Å². The van der Waals surface area contributed by atoms with Crippen LogP contribution in [-0.2, 0) is 28.6 Å². The number of unbranched alkanes of at least 4 members (excludes halogenated alkanes) is 29. The van der Waals surface area contributed by atoms with Crippen LogP contribution in [0.25, 0.3) is 0 Å². The van der Waals surface area contributed by atoms with Gasteiger partial charge in [-0.1, -0.05) is 248 Å². The molecule has 0 spiro atoms. The minimum Gasteiger partial charge on any atom is -0.462 e. The second-order valence-electron chi connectivity index (χ2n) is 19.2. The highest BCUT2D eigenvalue weighted by Crippen LogP contribution is 2.16. The van der Waals surface area contributed by atoms with Crippen LogP contribution in [0.4, 0.5) is 0 Å². The Morgan fingerprint density at radius 3 is 0.912 bits per heavy atom. The normalized spacial score (nSPS) is 12.6. The summed E-state index contributed by atoms with van der Waals surface area (Å²) in [5.41, 5.74) is 0. The molecular weight excluding hydrogens is 841 g/mol. The maximum Gasteiger partial charge on any atom is 0.306 e. The van der Waals surface area contributed by atoms with Crippen molar-refractivity contribution in [3.63, 3.8) is 0 Å². The Morgan fingerprint density at radius 1 is 0.309 bits per heavy atom. The number of hydrogen-bond acceptors (Lipinski definition) is 6. The van der Waals surface area contributed by atoms with Gasteiger partial charge in [-0.15, -0.1) is 0 Å². The molecule has 0 N–H and O–H groups in total. The van der Waals surface area contributed by atoms with Crippen molar-refractivity contribution >= 4 is 17.9 Å². The molecule has 0 aliphatic rings. The van der Waals surface area contributed by atoms with E-state index in [-0.39, 0.29) is 31.1 Å². The predicted octanol–water partition coefficient (Wildman–Crippen LogP) is 19.4. The number of allylic oxidation sites excluding steroid dienone is 12. The predicted molar refractivity (Wildman–Crippen MR) is 293 cm³/mol. The summed E-state index contributed by atoms with van der Waals surface area (Å²) >= 11 is 0. The summed E-state index contributed by atoms with van der Waals surface area (Å²) in [6.45, 7) is 6.44. The lowest BCUT2D eigenvalue weighted by Crippen LogP contribution is -2.30. The van der Waals surface area contributed by atoms with Crippen LogP contribution < -0.4 is 0 Å². The minimum atomic E-state index is -0.775. The molecule has 0 rings (SSSR count). The first-order valence-electron chi connectivity index (χ1n) is 28.9. The van der Waals surface area contributed by atoms with E-state index in [9.17, 15) is 14.4 Å². The van der Waals surface area contributed by atoms with Gasteiger partial charge in [-0.3, -0.25) is 14.4 Å². The fourth-order valence-electron chi connectivity index (χ4n) is 8.11. The van der Waals surface area contributed by atoms with Gasteiger partial charge in [-0.05, 0) is 89.9 Å². The molecule has 0 saturated heterocycles. The van der Waals surface area contributed by atoms with Crippen LogP contribution in [0.1, 0.15) is 284 Å². The SMILES string of the molecule is CC/C=C\C/C=C\C/C=C\C/C=C\CCCCCCCCCCCCCCCCC(=O)OCC(COC(=O)CCCCCCC)OC(=O)CCCCCCCCC/C=C\C/C=C\CCCCCC. The summed E-state index contributed by atoms with van der Waals surface area (Å²) in [5, 5.41) is 0. The van der Waals surface area contributed by atoms with E-state index in [1.54, 1.807) is 0 Å². The van der Waals surface area contributed by atoms with E-state index in [1.807, 2.05) is 0 Å². The molecule has 0 saturated carbocycles. The summed E-state index contributed by atoms with van der Waals surface area (Å²) in [6, 6.07) is 0. The Labute approximate surface area is 421 Å². The van der Waals surface area contributed by atoms with Crippen LogP contribution in [-0.4, -0.2) is 37.2 Å². The van der Waals surface area contributed by atoms with E-state index >= 15 is 0 Å². The fraction of sp³-hybridized carbons (Fsp3) is 0.758. The van der Waals surface area contributed by atoms with Crippen molar-refractivity contribution in [3.8, 4) is 0 Å². The van der Waals surface area contributed by atoms with Gasteiger partial charge in [0.25, 0.3) is 0 Å². The molecule has 1 atom stereocenters. The smallest absolute Gasteiger partial charge is 0.306 e. The molecule has 0 bridgehead atoms. The van der Waals surface area contributed by atoms with Crippen molar-refractivity contribution < 1.29 is 28.6 Å². The van der Waals surface area contributed by atoms with Gasteiger partial charge in [0.2, 0.25) is 0 Å². The second-order valence-corrected chi connectivity index (χ2v) is 19.2. The van der Waals surface area contributed by atoms with Crippen LogP contribution in [0.2, 0.25) is 0 Å². The van der Waals surface area contributed by atoms with Gasteiger partial charge in [-0.2, -0.15) is 0 Å². The molecule has 68 heavy (non-hydrogen) atoms. The van der Waals surface area contributed by atoms with Crippen LogP contribution in [0.5, 0.6) is 0 Å². The van der Waals surface area contributed by atoms with Gasteiger partial charge < -0.3 is 14.2 Å². The molecule has 0 aromatic carbocycles.